The number of aryl methyl sites for hydroxylation is 1. The quantitative estimate of drug-likeness (QED) is 0.274. The smallest absolute Gasteiger partial charge is 0.194 e. The van der Waals surface area contributed by atoms with Gasteiger partial charge in [-0.15, -0.1) is 5.10 Å². The molecule has 4 rings (SSSR count). The standard InChI is InChI=1S/C22H25N5O4S3/c1-14(2)21(19(28)5-3-4-15-8-9-32-13-15)27-11-16(24-26-27)12-31-17-6-7-18-20(10-17)33-22(23-18)25-34(29)30/h6-11,13-14,21H,3-5,12H2,1-2H3,(H,23,25)(H,29,30)/p-1/t21-/m0/s1. The minimum atomic E-state index is -2.42. The lowest BCUT2D eigenvalue weighted by Gasteiger charge is -2.19. The van der Waals surface area contributed by atoms with Crippen LogP contribution in [0.25, 0.3) is 10.2 Å². The van der Waals surface area contributed by atoms with E-state index >= 15 is 0 Å². The van der Waals surface area contributed by atoms with Gasteiger partial charge in [-0.3, -0.25) is 13.7 Å². The van der Waals surface area contributed by atoms with Crippen molar-refractivity contribution in [3.63, 3.8) is 0 Å². The molecule has 1 unspecified atom stereocenters. The number of Topliss-reactive ketones (excluding diaryl/α,β-unsaturated/α-hetero) is 1. The van der Waals surface area contributed by atoms with Crippen LogP contribution in [-0.4, -0.2) is 34.5 Å². The van der Waals surface area contributed by atoms with Crippen LogP contribution in [-0.2, 0) is 29.1 Å². The second-order valence-electron chi connectivity index (χ2n) is 8.10. The Labute approximate surface area is 207 Å². The van der Waals surface area contributed by atoms with Crippen LogP contribution in [0.1, 0.15) is 44.0 Å². The molecule has 0 saturated heterocycles. The van der Waals surface area contributed by atoms with Crippen molar-refractivity contribution in [2.45, 2.75) is 45.8 Å². The van der Waals surface area contributed by atoms with Gasteiger partial charge in [0.15, 0.2) is 10.9 Å². The lowest BCUT2D eigenvalue weighted by Crippen LogP contribution is -2.25. The van der Waals surface area contributed by atoms with Crippen molar-refractivity contribution in [2.24, 2.45) is 5.92 Å². The number of thiazole rings is 1. The number of ketones is 1. The van der Waals surface area contributed by atoms with Crippen LogP contribution in [0.3, 0.4) is 0 Å². The first-order chi connectivity index (χ1) is 16.4. The van der Waals surface area contributed by atoms with E-state index in [9.17, 15) is 13.6 Å². The monoisotopic (exact) mass is 518 g/mol. The van der Waals surface area contributed by atoms with E-state index in [4.69, 9.17) is 4.74 Å². The Morgan fingerprint density at radius 3 is 2.91 bits per heavy atom. The molecule has 0 radical (unpaired) electrons. The summed E-state index contributed by atoms with van der Waals surface area (Å²) in [6, 6.07) is 7.05. The van der Waals surface area contributed by atoms with E-state index in [1.807, 2.05) is 13.8 Å². The largest absolute Gasteiger partial charge is 0.755 e. The fourth-order valence-electron chi connectivity index (χ4n) is 3.66. The van der Waals surface area contributed by atoms with Gasteiger partial charge in [-0.2, -0.15) is 11.3 Å². The number of aromatic nitrogens is 4. The number of nitrogens with zero attached hydrogens (tertiary/aromatic N) is 4. The molecule has 3 heterocycles. The van der Waals surface area contributed by atoms with Gasteiger partial charge < -0.3 is 9.29 Å². The van der Waals surface area contributed by atoms with Crippen molar-refractivity contribution < 1.29 is 18.3 Å². The zero-order chi connectivity index (χ0) is 24.1. The molecule has 4 aromatic rings. The Morgan fingerprint density at radius 1 is 1.32 bits per heavy atom. The number of hydrogen-bond acceptors (Lipinski definition) is 9. The number of fused-ring (bicyclic) bond motifs is 1. The molecule has 1 N–H and O–H groups in total. The van der Waals surface area contributed by atoms with Crippen molar-refractivity contribution in [1.29, 1.82) is 0 Å². The van der Waals surface area contributed by atoms with Gasteiger partial charge in [0.2, 0.25) is 0 Å². The van der Waals surface area contributed by atoms with E-state index in [2.05, 4.69) is 36.8 Å². The van der Waals surface area contributed by atoms with Crippen LogP contribution in [0, 0.1) is 5.92 Å². The molecule has 180 valence electrons. The Kier molecular flexibility index (Phi) is 8.03. The molecule has 0 aliphatic carbocycles. The summed E-state index contributed by atoms with van der Waals surface area (Å²) in [5.41, 5.74) is 2.56. The molecule has 0 saturated carbocycles. The number of hydrogen-bond donors (Lipinski definition) is 1. The maximum atomic E-state index is 12.9. The summed E-state index contributed by atoms with van der Waals surface area (Å²) >= 11 is 0.466. The van der Waals surface area contributed by atoms with Crippen molar-refractivity contribution in [2.75, 3.05) is 4.72 Å². The first kappa shape index (κ1) is 24.5. The summed E-state index contributed by atoms with van der Waals surface area (Å²) in [5, 5.41) is 12.9. The van der Waals surface area contributed by atoms with Gasteiger partial charge in [0.25, 0.3) is 0 Å². The second-order valence-corrected chi connectivity index (χ2v) is 10.6. The average molecular weight is 519 g/mol. The van der Waals surface area contributed by atoms with Crippen molar-refractivity contribution in [3.05, 3.63) is 52.5 Å². The Balaban J connectivity index is 1.36. The first-order valence-corrected chi connectivity index (χ1v) is 13.6. The maximum Gasteiger partial charge on any atom is 0.194 e. The second kappa shape index (κ2) is 11.2. The highest BCUT2D eigenvalue weighted by Gasteiger charge is 2.25. The number of rotatable bonds is 12. The fraction of sp³-hybridized carbons (Fsp3) is 0.364. The van der Waals surface area contributed by atoms with E-state index < -0.39 is 11.3 Å². The highest BCUT2D eigenvalue weighted by Crippen LogP contribution is 2.30. The summed E-state index contributed by atoms with van der Waals surface area (Å²) in [6.45, 7) is 4.21. The summed E-state index contributed by atoms with van der Waals surface area (Å²) in [7, 11) is 0. The van der Waals surface area contributed by atoms with Crippen LogP contribution < -0.4 is 9.46 Å². The van der Waals surface area contributed by atoms with Crippen LogP contribution in [0.5, 0.6) is 5.75 Å². The number of ether oxygens (including phenoxy) is 1. The highest BCUT2D eigenvalue weighted by molar-refractivity contribution is 7.80. The Bertz CT molecular complexity index is 1270. The predicted octanol–water partition coefficient (Wildman–Crippen LogP) is 4.52. The van der Waals surface area contributed by atoms with E-state index in [1.165, 1.54) is 16.9 Å². The normalized spacial score (nSPS) is 13.3. The van der Waals surface area contributed by atoms with Crippen LogP contribution in [0.15, 0.2) is 41.2 Å². The summed E-state index contributed by atoms with van der Waals surface area (Å²) < 4.78 is 32.1. The number of benzene rings is 1. The number of thiophene rings is 1. The molecule has 9 nitrogen and oxygen atoms in total. The van der Waals surface area contributed by atoms with Gasteiger partial charge in [-0.25, -0.2) is 9.67 Å². The Hall–Kier alpha value is -2.67. The average Bonchev–Trinajstić information content (AvgIpc) is 3.52. The molecule has 0 fully saturated rings. The third-order valence-corrected chi connectivity index (χ3v) is 7.34. The third-order valence-electron chi connectivity index (χ3n) is 5.19. The van der Waals surface area contributed by atoms with E-state index in [-0.39, 0.29) is 24.3 Å². The minimum Gasteiger partial charge on any atom is -0.755 e. The number of anilines is 1. The van der Waals surface area contributed by atoms with E-state index in [1.54, 1.807) is 40.4 Å². The van der Waals surface area contributed by atoms with Crippen molar-refractivity contribution >= 4 is 55.1 Å². The lowest BCUT2D eigenvalue weighted by molar-refractivity contribution is -0.123. The van der Waals surface area contributed by atoms with Gasteiger partial charge in [-0.1, -0.05) is 30.4 Å². The number of carbonyl (C=O) groups excluding carboxylic acids is 1. The summed E-state index contributed by atoms with van der Waals surface area (Å²) in [4.78, 5) is 17.1. The van der Waals surface area contributed by atoms with Gasteiger partial charge in [0, 0.05) is 17.7 Å². The first-order valence-electron chi connectivity index (χ1n) is 10.7. The number of nitrogens with one attached hydrogen (secondary N) is 1. The molecule has 2 atom stereocenters. The van der Waals surface area contributed by atoms with Gasteiger partial charge >= 0.3 is 0 Å². The van der Waals surface area contributed by atoms with Crippen LogP contribution >= 0.6 is 22.7 Å². The molecule has 0 amide bonds. The highest BCUT2D eigenvalue weighted by atomic mass is 32.2. The summed E-state index contributed by atoms with van der Waals surface area (Å²) in [5.74, 6) is 0.844. The van der Waals surface area contributed by atoms with E-state index in [0.29, 0.717) is 28.5 Å². The predicted molar refractivity (Wildman–Crippen MR) is 133 cm³/mol. The van der Waals surface area contributed by atoms with Gasteiger partial charge in [-0.05, 0) is 59.3 Å². The lowest BCUT2D eigenvalue weighted by atomic mass is 9.96. The van der Waals surface area contributed by atoms with Gasteiger partial charge in [0.1, 0.15) is 24.1 Å². The summed E-state index contributed by atoms with van der Waals surface area (Å²) in [6.07, 6.45) is 3.96. The van der Waals surface area contributed by atoms with E-state index in [0.717, 1.165) is 17.5 Å². The SMILES string of the molecule is CC(C)[C@@H](C(=O)CCCc1ccsc1)n1cc(COc2ccc3nc(NS(=O)[O-])sc3c2)nn1. The molecule has 1 aromatic carbocycles. The van der Waals surface area contributed by atoms with Gasteiger partial charge in [0.05, 0.1) is 16.4 Å². The minimum absolute atomic E-state index is 0.0871. The number of carbonyl (C=O) groups is 1. The van der Waals surface area contributed by atoms with Crippen LogP contribution in [0.4, 0.5) is 5.13 Å². The molecule has 12 heteroatoms. The topological polar surface area (TPSA) is 122 Å². The molecule has 0 aliphatic rings. The molecule has 34 heavy (non-hydrogen) atoms. The maximum absolute atomic E-state index is 12.9. The Morgan fingerprint density at radius 2 is 2.18 bits per heavy atom. The molecule has 0 spiro atoms. The van der Waals surface area contributed by atoms with Crippen molar-refractivity contribution in [3.8, 4) is 5.75 Å². The van der Waals surface area contributed by atoms with Crippen LogP contribution in [0.2, 0.25) is 0 Å². The van der Waals surface area contributed by atoms with Crippen molar-refractivity contribution in [1.82, 2.24) is 20.0 Å². The molecule has 0 bridgehead atoms. The molecular weight excluding hydrogens is 494 g/mol. The third kappa shape index (κ3) is 6.26. The molecule has 3 aromatic heterocycles. The molecule has 0 aliphatic heterocycles. The molecular formula is C22H24N5O4S3-. The zero-order valence-corrected chi connectivity index (χ0v) is 21.1. The fourth-order valence-corrected chi connectivity index (χ4v) is 5.66. The zero-order valence-electron chi connectivity index (χ0n) is 18.7.